The van der Waals surface area contributed by atoms with Gasteiger partial charge in [-0.3, -0.25) is 10.8 Å². The van der Waals surface area contributed by atoms with Crippen LogP contribution < -0.4 is 16.0 Å². The highest BCUT2D eigenvalue weighted by molar-refractivity contribution is 7.89. The van der Waals surface area contributed by atoms with Gasteiger partial charge in [0.05, 0.1) is 5.69 Å². The molecule has 0 aliphatic heterocycles. The van der Waals surface area contributed by atoms with Crippen molar-refractivity contribution in [1.82, 2.24) is 9.71 Å². The lowest BCUT2D eigenvalue weighted by Gasteiger charge is -2.10. The zero-order valence-corrected chi connectivity index (χ0v) is 11.2. The van der Waals surface area contributed by atoms with Crippen LogP contribution in [0.5, 0.6) is 0 Å². The molecule has 106 valence electrons. The fourth-order valence-electron chi connectivity index (χ4n) is 1.57. The Bertz CT molecular complexity index is 689. The average Bonchev–Trinajstić information content (AvgIpc) is 2.46. The number of rotatable bonds is 5. The highest BCUT2D eigenvalue weighted by atomic mass is 32.2. The van der Waals surface area contributed by atoms with Crippen LogP contribution in [0.15, 0.2) is 47.6 Å². The van der Waals surface area contributed by atoms with Gasteiger partial charge in [-0.2, -0.15) is 0 Å². The summed E-state index contributed by atoms with van der Waals surface area (Å²) in [4.78, 5) is 3.71. The molecular formula is C12H13FN4O2S. The van der Waals surface area contributed by atoms with Crippen LogP contribution in [-0.4, -0.2) is 13.4 Å². The first-order chi connectivity index (χ1) is 9.53. The number of hydrazine groups is 1. The fourth-order valence-corrected chi connectivity index (χ4v) is 2.70. The molecule has 0 fully saturated rings. The SMILES string of the molecule is NNc1ccncc1S(=O)(=O)NCc1ccc(F)cc1. The molecule has 4 N–H and O–H groups in total. The number of nitrogens with one attached hydrogen (secondary N) is 2. The fraction of sp³-hybridized carbons (Fsp3) is 0.0833. The summed E-state index contributed by atoms with van der Waals surface area (Å²) in [6.07, 6.45) is 2.62. The Morgan fingerprint density at radius 1 is 1.20 bits per heavy atom. The van der Waals surface area contributed by atoms with Crippen LogP contribution in [0.2, 0.25) is 0 Å². The normalized spacial score (nSPS) is 11.3. The first kappa shape index (κ1) is 14.4. The minimum absolute atomic E-state index is 0.0432. The second kappa shape index (κ2) is 5.95. The Labute approximate surface area is 115 Å². The molecule has 0 atom stereocenters. The lowest BCUT2D eigenvalue weighted by atomic mass is 10.2. The predicted molar refractivity (Wildman–Crippen MR) is 72.5 cm³/mol. The van der Waals surface area contributed by atoms with Crippen molar-refractivity contribution >= 4 is 15.7 Å². The summed E-state index contributed by atoms with van der Waals surface area (Å²) < 4.78 is 39.4. The van der Waals surface area contributed by atoms with Crippen LogP contribution in [0.25, 0.3) is 0 Å². The van der Waals surface area contributed by atoms with Gasteiger partial charge in [0, 0.05) is 18.9 Å². The molecule has 6 nitrogen and oxygen atoms in total. The number of anilines is 1. The van der Waals surface area contributed by atoms with Crippen molar-refractivity contribution < 1.29 is 12.8 Å². The molecule has 0 amide bonds. The molecule has 0 aliphatic carbocycles. The highest BCUT2D eigenvalue weighted by Crippen LogP contribution is 2.18. The van der Waals surface area contributed by atoms with E-state index >= 15 is 0 Å². The Morgan fingerprint density at radius 2 is 1.90 bits per heavy atom. The first-order valence-electron chi connectivity index (χ1n) is 5.67. The number of hydrogen-bond acceptors (Lipinski definition) is 5. The van der Waals surface area contributed by atoms with Crippen molar-refractivity contribution in [2.24, 2.45) is 5.84 Å². The van der Waals surface area contributed by atoms with E-state index in [9.17, 15) is 12.8 Å². The van der Waals surface area contributed by atoms with Crippen molar-refractivity contribution in [2.75, 3.05) is 5.43 Å². The van der Waals surface area contributed by atoms with Gasteiger partial charge in [0.25, 0.3) is 0 Å². The second-order valence-electron chi connectivity index (χ2n) is 3.97. The van der Waals surface area contributed by atoms with Crippen LogP contribution in [0.3, 0.4) is 0 Å². The molecule has 0 saturated carbocycles. The average molecular weight is 296 g/mol. The molecule has 1 aromatic heterocycles. The van der Waals surface area contributed by atoms with Crippen molar-refractivity contribution in [3.8, 4) is 0 Å². The van der Waals surface area contributed by atoms with E-state index in [4.69, 9.17) is 5.84 Å². The summed E-state index contributed by atoms with van der Waals surface area (Å²) in [5.74, 6) is 4.88. The zero-order valence-electron chi connectivity index (χ0n) is 10.4. The van der Waals surface area contributed by atoms with Crippen molar-refractivity contribution in [2.45, 2.75) is 11.4 Å². The Hall–Kier alpha value is -2.03. The van der Waals surface area contributed by atoms with Gasteiger partial charge >= 0.3 is 0 Å². The molecule has 0 saturated heterocycles. The van der Waals surface area contributed by atoms with Gasteiger partial charge < -0.3 is 5.43 Å². The lowest BCUT2D eigenvalue weighted by Crippen LogP contribution is -2.25. The predicted octanol–water partition coefficient (Wildman–Crippen LogP) is 0.985. The van der Waals surface area contributed by atoms with E-state index in [2.05, 4.69) is 15.1 Å². The van der Waals surface area contributed by atoms with Crippen molar-refractivity contribution in [1.29, 1.82) is 0 Å². The van der Waals surface area contributed by atoms with Crippen LogP contribution >= 0.6 is 0 Å². The monoisotopic (exact) mass is 296 g/mol. The van der Waals surface area contributed by atoms with E-state index in [0.29, 0.717) is 5.56 Å². The third kappa shape index (κ3) is 3.29. The number of pyridine rings is 1. The quantitative estimate of drug-likeness (QED) is 0.564. The largest absolute Gasteiger partial charge is 0.323 e. The molecule has 8 heteroatoms. The third-order valence-electron chi connectivity index (χ3n) is 2.61. The molecular weight excluding hydrogens is 283 g/mol. The van der Waals surface area contributed by atoms with Gasteiger partial charge in [0.15, 0.2) is 0 Å². The standard InChI is InChI=1S/C12H13FN4O2S/c13-10-3-1-9(2-4-10)7-16-20(18,19)12-8-15-6-5-11(12)17-14/h1-6,8,16H,7,14H2,(H,15,17). The topological polar surface area (TPSA) is 97.1 Å². The summed E-state index contributed by atoms with van der Waals surface area (Å²) in [6.45, 7) is 0.0432. The number of aromatic nitrogens is 1. The second-order valence-corrected chi connectivity index (χ2v) is 5.70. The van der Waals surface area contributed by atoms with Gasteiger partial charge in [-0.05, 0) is 23.8 Å². The maximum atomic E-state index is 12.8. The Kier molecular flexibility index (Phi) is 4.28. The van der Waals surface area contributed by atoms with E-state index in [1.54, 1.807) is 0 Å². The summed E-state index contributed by atoms with van der Waals surface area (Å²) in [7, 11) is -3.76. The third-order valence-corrected chi connectivity index (χ3v) is 4.04. The molecule has 20 heavy (non-hydrogen) atoms. The lowest BCUT2D eigenvalue weighted by molar-refractivity contribution is 0.581. The minimum Gasteiger partial charge on any atom is -0.323 e. The number of nitrogens with two attached hydrogens (primary N) is 1. The van der Waals surface area contributed by atoms with Gasteiger partial charge in [-0.25, -0.2) is 17.5 Å². The van der Waals surface area contributed by atoms with E-state index < -0.39 is 10.0 Å². The number of nitrogens with zero attached hydrogens (tertiary/aromatic N) is 1. The van der Waals surface area contributed by atoms with Crippen LogP contribution in [0, 0.1) is 5.82 Å². The first-order valence-corrected chi connectivity index (χ1v) is 7.16. The summed E-state index contributed by atoms with van der Waals surface area (Å²) in [5, 5.41) is 0. The summed E-state index contributed by atoms with van der Waals surface area (Å²) >= 11 is 0. The molecule has 1 aromatic carbocycles. The smallest absolute Gasteiger partial charge is 0.244 e. The maximum Gasteiger partial charge on any atom is 0.244 e. The van der Waals surface area contributed by atoms with Crippen molar-refractivity contribution in [3.05, 3.63) is 54.1 Å². The summed E-state index contributed by atoms with van der Waals surface area (Å²) in [6, 6.07) is 6.99. The number of halogens is 1. The number of sulfonamides is 1. The van der Waals surface area contributed by atoms with Crippen LogP contribution in [-0.2, 0) is 16.6 Å². The van der Waals surface area contributed by atoms with E-state index in [0.717, 1.165) is 0 Å². The number of benzene rings is 1. The number of nitrogen functional groups attached to an aromatic ring is 1. The molecule has 0 bridgehead atoms. The molecule has 0 aliphatic rings. The van der Waals surface area contributed by atoms with Crippen molar-refractivity contribution in [3.63, 3.8) is 0 Å². The van der Waals surface area contributed by atoms with E-state index in [1.807, 2.05) is 0 Å². The Balaban J connectivity index is 2.17. The van der Waals surface area contributed by atoms with Gasteiger partial charge in [-0.15, -0.1) is 0 Å². The molecule has 0 unspecified atom stereocenters. The molecule has 1 heterocycles. The van der Waals surface area contributed by atoms with Crippen LogP contribution in [0.4, 0.5) is 10.1 Å². The molecule has 0 radical (unpaired) electrons. The van der Waals surface area contributed by atoms with Gasteiger partial charge in [0.2, 0.25) is 10.0 Å². The van der Waals surface area contributed by atoms with Crippen LogP contribution in [0.1, 0.15) is 5.56 Å². The summed E-state index contributed by atoms with van der Waals surface area (Å²) in [5.41, 5.74) is 3.18. The van der Waals surface area contributed by atoms with E-state index in [1.165, 1.54) is 42.7 Å². The maximum absolute atomic E-state index is 12.8. The highest BCUT2D eigenvalue weighted by Gasteiger charge is 2.18. The van der Waals surface area contributed by atoms with E-state index in [-0.39, 0.29) is 22.9 Å². The number of hydrogen-bond donors (Lipinski definition) is 3. The van der Waals surface area contributed by atoms with Gasteiger partial charge in [0.1, 0.15) is 10.7 Å². The van der Waals surface area contributed by atoms with Gasteiger partial charge in [-0.1, -0.05) is 12.1 Å². The minimum atomic E-state index is -3.76. The molecule has 0 spiro atoms. The zero-order chi connectivity index (χ0) is 14.6. The molecule has 2 aromatic rings. The molecule has 2 rings (SSSR count). The Morgan fingerprint density at radius 3 is 2.55 bits per heavy atom.